The first-order valence-electron chi connectivity index (χ1n) is 6.57. The maximum atomic E-state index is 9.46. The summed E-state index contributed by atoms with van der Waals surface area (Å²) >= 11 is 0. The summed E-state index contributed by atoms with van der Waals surface area (Å²) in [4.78, 5) is 2.24. The SMILES string of the molecule is CCCCCCCCN(C)C[C@@H](O)CC. The zero-order chi connectivity index (χ0) is 11.5. The molecule has 0 aliphatic heterocycles. The Hall–Kier alpha value is -0.0800. The first-order chi connectivity index (χ1) is 7.20. The molecule has 0 unspecified atom stereocenters. The molecule has 2 heteroatoms. The molecule has 0 radical (unpaired) electrons. The molecule has 2 nitrogen and oxygen atoms in total. The highest BCUT2D eigenvalue weighted by molar-refractivity contribution is 4.59. The van der Waals surface area contributed by atoms with Gasteiger partial charge >= 0.3 is 0 Å². The maximum Gasteiger partial charge on any atom is 0.0664 e. The van der Waals surface area contributed by atoms with E-state index in [9.17, 15) is 5.11 Å². The highest BCUT2D eigenvalue weighted by Gasteiger charge is 2.04. The Morgan fingerprint density at radius 1 is 1.00 bits per heavy atom. The van der Waals surface area contributed by atoms with Crippen molar-refractivity contribution in [2.24, 2.45) is 0 Å². The molecular formula is C13H29NO. The summed E-state index contributed by atoms with van der Waals surface area (Å²) in [6.45, 7) is 6.23. The molecule has 0 aromatic heterocycles. The maximum absolute atomic E-state index is 9.46. The van der Waals surface area contributed by atoms with E-state index in [4.69, 9.17) is 0 Å². The van der Waals surface area contributed by atoms with Crippen molar-refractivity contribution in [2.75, 3.05) is 20.1 Å². The van der Waals surface area contributed by atoms with E-state index in [2.05, 4.69) is 18.9 Å². The molecular weight excluding hydrogens is 186 g/mol. The predicted octanol–water partition coefficient (Wildman–Crippen LogP) is 3.05. The molecule has 92 valence electrons. The Kier molecular flexibility index (Phi) is 10.4. The van der Waals surface area contributed by atoms with E-state index in [0.717, 1.165) is 19.5 Å². The molecule has 0 saturated carbocycles. The normalized spacial score (nSPS) is 13.4. The molecule has 1 N–H and O–H groups in total. The van der Waals surface area contributed by atoms with E-state index in [1.807, 2.05) is 6.92 Å². The van der Waals surface area contributed by atoms with Gasteiger partial charge in [-0.3, -0.25) is 0 Å². The minimum atomic E-state index is -0.143. The number of likely N-dealkylation sites (N-methyl/N-ethyl adjacent to an activating group) is 1. The Labute approximate surface area is 95.7 Å². The summed E-state index contributed by atoms with van der Waals surface area (Å²) in [6, 6.07) is 0. The van der Waals surface area contributed by atoms with Crippen molar-refractivity contribution in [3.05, 3.63) is 0 Å². The van der Waals surface area contributed by atoms with E-state index >= 15 is 0 Å². The van der Waals surface area contributed by atoms with E-state index in [-0.39, 0.29) is 6.10 Å². The molecule has 0 amide bonds. The van der Waals surface area contributed by atoms with Gasteiger partial charge in [-0.05, 0) is 26.4 Å². The fraction of sp³-hybridized carbons (Fsp3) is 1.00. The van der Waals surface area contributed by atoms with Crippen LogP contribution in [0.25, 0.3) is 0 Å². The number of aliphatic hydroxyl groups is 1. The summed E-state index contributed by atoms with van der Waals surface area (Å²) in [5.74, 6) is 0. The van der Waals surface area contributed by atoms with Gasteiger partial charge < -0.3 is 10.0 Å². The van der Waals surface area contributed by atoms with E-state index in [0.29, 0.717) is 0 Å². The smallest absolute Gasteiger partial charge is 0.0664 e. The summed E-state index contributed by atoms with van der Waals surface area (Å²) in [5.41, 5.74) is 0. The Morgan fingerprint density at radius 2 is 1.60 bits per heavy atom. The lowest BCUT2D eigenvalue weighted by Gasteiger charge is -2.19. The number of hydrogen-bond acceptors (Lipinski definition) is 2. The van der Waals surface area contributed by atoms with E-state index in [1.54, 1.807) is 0 Å². The topological polar surface area (TPSA) is 23.5 Å². The van der Waals surface area contributed by atoms with Crippen LogP contribution in [0, 0.1) is 0 Å². The highest BCUT2D eigenvalue weighted by atomic mass is 16.3. The molecule has 0 saturated heterocycles. The van der Waals surface area contributed by atoms with Gasteiger partial charge in [0.25, 0.3) is 0 Å². The molecule has 0 bridgehead atoms. The quantitative estimate of drug-likeness (QED) is 0.566. The summed E-state index contributed by atoms with van der Waals surface area (Å²) < 4.78 is 0. The first kappa shape index (κ1) is 14.9. The fourth-order valence-corrected chi connectivity index (χ4v) is 1.74. The van der Waals surface area contributed by atoms with Crippen LogP contribution in [0.3, 0.4) is 0 Å². The lowest BCUT2D eigenvalue weighted by Crippen LogP contribution is -2.29. The van der Waals surface area contributed by atoms with Gasteiger partial charge in [-0.1, -0.05) is 46.0 Å². The fourth-order valence-electron chi connectivity index (χ4n) is 1.74. The van der Waals surface area contributed by atoms with Gasteiger partial charge in [0.1, 0.15) is 0 Å². The largest absolute Gasteiger partial charge is 0.392 e. The second kappa shape index (κ2) is 10.4. The summed E-state index contributed by atoms with van der Waals surface area (Å²) in [5, 5.41) is 9.46. The van der Waals surface area contributed by atoms with Gasteiger partial charge in [0.05, 0.1) is 6.10 Å². The first-order valence-corrected chi connectivity index (χ1v) is 6.57. The summed E-state index contributed by atoms with van der Waals surface area (Å²) in [6.07, 6.45) is 8.79. The Balaban J connectivity index is 3.20. The number of nitrogens with zero attached hydrogens (tertiary/aromatic N) is 1. The highest BCUT2D eigenvalue weighted by Crippen LogP contribution is 2.05. The molecule has 0 aromatic carbocycles. The van der Waals surface area contributed by atoms with Gasteiger partial charge in [0.2, 0.25) is 0 Å². The third-order valence-corrected chi connectivity index (χ3v) is 2.89. The van der Waals surface area contributed by atoms with Crippen LogP contribution in [0.4, 0.5) is 0 Å². The van der Waals surface area contributed by atoms with Crippen LogP contribution in [0.5, 0.6) is 0 Å². The van der Waals surface area contributed by atoms with Gasteiger partial charge in [0.15, 0.2) is 0 Å². The second-order valence-corrected chi connectivity index (χ2v) is 4.59. The van der Waals surface area contributed by atoms with Crippen molar-refractivity contribution in [1.82, 2.24) is 4.90 Å². The van der Waals surface area contributed by atoms with Crippen molar-refractivity contribution in [3.8, 4) is 0 Å². The molecule has 0 rings (SSSR count). The monoisotopic (exact) mass is 215 g/mol. The minimum Gasteiger partial charge on any atom is -0.392 e. The molecule has 1 atom stereocenters. The molecule has 0 aliphatic carbocycles. The van der Waals surface area contributed by atoms with Gasteiger partial charge in [-0.15, -0.1) is 0 Å². The zero-order valence-corrected chi connectivity index (χ0v) is 10.8. The molecule has 0 aromatic rings. The van der Waals surface area contributed by atoms with Gasteiger partial charge in [-0.25, -0.2) is 0 Å². The van der Waals surface area contributed by atoms with Crippen LogP contribution in [0.15, 0.2) is 0 Å². The standard InChI is InChI=1S/C13H29NO/c1-4-6-7-8-9-10-11-14(3)12-13(15)5-2/h13,15H,4-12H2,1-3H3/t13-/m0/s1. The van der Waals surface area contributed by atoms with Crippen molar-refractivity contribution < 1.29 is 5.11 Å². The van der Waals surface area contributed by atoms with Crippen LogP contribution in [-0.2, 0) is 0 Å². The third kappa shape index (κ3) is 10.2. The molecule has 15 heavy (non-hydrogen) atoms. The van der Waals surface area contributed by atoms with Crippen molar-refractivity contribution >= 4 is 0 Å². The molecule has 0 heterocycles. The molecule has 0 aliphatic rings. The van der Waals surface area contributed by atoms with Crippen LogP contribution in [0.2, 0.25) is 0 Å². The van der Waals surface area contributed by atoms with Gasteiger partial charge in [-0.2, -0.15) is 0 Å². The average Bonchev–Trinajstić information content (AvgIpc) is 2.23. The minimum absolute atomic E-state index is 0.143. The molecule has 0 spiro atoms. The zero-order valence-electron chi connectivity index (χ0n) is 10.8. The van der Waals surface area contributed by atoms with Crippen LogP contribution >= 0.6 is 0 Å². The van der Waals surface area contributed by atoms with Crippen LogP contribution < -0.4 is 0 Å². The number of rotatable bonds is 10. The van der Waals surface area contributed by atoms with Crippen molar-refractivity contribution in [2.45, 2.75) is 64.9 Å². The Morgan fingerprint density at radius 3 is 2.20 bits per heavy atom. The number of unbranched alkanes of at least 4 members (excludes halogenated alkanes) is 5. The Bertz CT molecular complexity index is 128. The van der Waals surface area contributed by atoms with Gasteiger partial charge in [0, 0.05) is 6.54 Å². The average molecular weight is 215 g/mol. The molecule has 0 fully saturated rings. The second-order valence-electron chi connectivity index (χ2n) is 4.59. The van der Waals surface area contributed by atoms with E-state index < -0.39 is 0 Å². The predicted molar refractivity (Wildman–Crippen MR) is 67.2 cm³/mol. The summed E-state index contributed by atoms with van der Waals surface area (Å²) in [7, 11) is 2.10. The van der Waals surface area contributed by atoms with Crippen LogP contribution in [-0.4, -0.2) is 36.2 Å². The third-order valence-electron chi connectivity index (χ3n) is 2.89. The van der Waals surface area contributed by atoms with Crippen molar-refractivity contribution in [3.63, 3.8) is 0 Å². The number of aliphatic hydroxyl groups excluding tert-OH is 1. The van der Waals surface area contributed by atoms with Crippen LogP contribution in [0.1, 0.15) is 58.8 Å². The lowest BCUT2D eigenvalue weighted by molar-refractivity contribution is 0.121. The van der Waals surface area contributed by atoms with Crippen molar-refractivity contribution in [1.29, 1.82) is 0 Å². The van der Waals surface area contributed by atoms with E-state index in [1.165, 1.54) is 38.5 Å². The number of hydrogen-bond donors (Lipinski definition) is 1. The lowest BCUT2D eigenvalue weighted by atomic mass is 10.1.